The van der Waals surface area contributed by atoms with Crippen LogP contribution in [0.25, 0.3) is 11.2 Å². The first-order chi connectivity index (χ1) is 4.86. The molecular formula is C7H6N2O. The van der Waals surface area contributed by atoms with Crippen molar-refractivity contribution in [3.05, 3.63) is 24.2 Å². The van der Waals surface area contributed by atoms with Gasteiger partial charge in [-0.05, 0) is 19.1 Å². The summed E-state index contributed by atoms with van der Waals surface area (Å²) in [6, 6.07) is 3.76. The van der Waals surface area contributed by atoms with Gasteiger partial charge in [-0.25, -0.2) is 4.98 Å². The summed E-state index contributed by atoms with van der Waals surface area (Å²) < 4.78 is 5.00. The second kappa shape index (κ2) is 1.80. The molecule has 0 aliphatic rings. The predicted molar refractivity (Wildman–Crippen MR) is 36.5 cm³/mol. The Balaban J connectivity index is 2.86. The summed E-state index contributed by atoms with van der Waals surface area (Å²) in [5.41, 5.74) is 2.38. The molecule has 0 aromatic carbocycles. The third-order valence-corrected chi connectivity index (χ3v) is 1.33. The van der Waals surface area contributed by atoms with Gasteiger partial charge in [0.25, 0.3) is 0 Å². The van der Waals surface area contributed by atoms with Crippen LogP contribution in [-0.2, 0) is 0 Å². The van der Waals surface area contributed by atoms with Crippen molar-refractivity contribution in [1.82, 2.24) is 9.97 Å². The van der Waals surface area contributed by atoms with Gasteiger partial charge in [-0.2, -0.15) is 4.98 Å². The summed E-state index contributed by atoms with van der Waals surface area (Å²) in [5.74, 6) is 0. The molecule has 2 aromatic heterocycles. The maximum Gasteiger partial charge on any atom is 0.198 e. The van der Waals surface area contributed by atoms with E-state index in [9.17, 15) is 0 Å². The highest BCUT2D eigenvalue weighted by Gasteiger charge is 1.96. The molecule has 50 valence electrons. The molecule has 3 nitrogen and oxygen atoms in total. The van der Waals surface area contributed by atoms with E-state index in [0.717, 1.165) is 11.3 Å². The maximum absolute atomic E-state index is 5.00. The lowest BCUT2D eigenvalue weighted by Crippen LogP contribution is -1.79. The minimum absolute atomic E-state index is 0.681. The summed E-state index contributed by atoms with van der Waals surface area (Å²) >= 11 is 0. The van der Waals surface area contributed by atoms with Gasteiger partial charge < -0.3 is 4.42 Å². The van der Waals surface area contributed by atoms with Crippen LogP contribution in [0.5, 0.6) is 0 Å². The first kappa shape index (κ1) is 5.41. The van der Waals surface area contributed by atoms with E-state index in [4.69, 9.17) is 4.42 Å². The number of oxazole rings is 1. The van der Waals surface area contributed by atoms with E-state index in [0.29, 0.717) is 5.65 Å². The Morgan fingerprint density at radius 2 is 2.30 bits per heavy atom. The van der Waals surface area contributed by atoms with E-state index in [-0.39, 0.29) is 0 Å². The zero-order valence-electron chi connectivity index (χ0n) is 5.53. The van der Waals surface area contributed by atoms with Gasteiger partial charge in [-0.15, -0.1) is 0 Å². The Morgan fingerprint density at radius 1 is 1.40 bits per heavy atom. The molecule has 0 amide bonds. The molecule has 10 heavy (non-hydrogen) atoms. The third kappa shape index (κ3) is 0.673. The summed E-state index contributed by atoms with van der Waals surface area (Å²) in [7, 11) is 0. The van der Waals surface area contributed by atoms with Gasteiger partial charge in [-0.1, -0.05) is 0 Å². The van der Waals surface area contributed by atoms with Crippen LogP contribution in [0.1, 0.15) is 5.69 Å². The Labute approximate surface area is 57.7 Å². The molecule has 0 N–H and O–H groups in total. The Bertz CT molecular complexity index is 353. The zero-order valence-corrected chi connectivity index (χ0v) is 5.53. The zero-order chi connectivity index (χ0) is 6.97. The molecule has 2 aromatic rings. The van der Waals surface area contributed by atoms with Crippen molar-refractivity contribution in [3.8, 4) is 0 Å². The quantitative estimate of drug-likeness (QED) is 0.548. The van der Waals surface area contributed by atoms with Crippen LogP contribution in [0.4, 0.5) is 0 Å². The molecule has 0 saturated heterocycles. The molecule has 0 radical (unpaired) electrons. The van der Waals surface area contributed by atoms with Crippen molar-refractivity contribution in [2.45, 2.75) is 6.92 Å². The van der Waals surface area contributed by atoms with E-state index >= 15 is 0 Å². The first-order valence-electron chi connectivity index (χ1n) is 3.03. The second-order valence-corrected chi connectivity index (χ2v) is 2.13. The van der Waals surface area contributed by atoms with Crippen LogP contribution >= 0.6 is 0 Å². The van der Waals surface area contributed by atoms with Crippen molar-refractivity contribution >= 4 is 11.2 Å². The van der Waals surface area contributed by atoms with Gasteiger partial charge in [0.15, 0.2) is 17.6 Å². The van der Waals surface area contributed by atoms with E-state index < -0.39 is 0 Å². The van der Waals surface area contributed by atoms with Gasteiger partial charge in [-0.3, -0.25) is 0 Å². The first-order valence-corrected chi connectivity index (χ1v) is 3.03. The largest absolute Gasteiger partial charge is 0.442 e. The topological polar surface area (TPSA) is 38.9 Å². The normalized spacial score (nSPS) is 10.5. The number of rotatable bonds is 0. The molecule has 0 aliphatic carbocycles. The number of pyridine rings is 1. The fraction of sp³-hybridized carbons (Fsp3) is 0.143. The molecule has 0 atom stereocenters. The second-order valence-electron chi connectivity index (χ2n) is 2.13. The molecule has 0 fully saturated rings. The summed E-state index contributed by atoms with van der Waals surface area (Å²) in [6.45, 7) is 1.92. The average Bonchev–Trinajstić information content (AvgIpc) is 2.33. The number of aromatic nitrogens is 2. The number of hydrogen-bond donors (Lipinski definition) is 0. The molecule has 0 spiro atoms. The van der Waals surface area contributed by atoms with E-state index in [1.165, 1.54) is 6.39 Å². The summed E-state index contributed by atoms with van der Waals surface area (Å²) in [6.07, 6.45) is 1.40. The fourth-order valence-electron chi connectivity index (χ4n) is 0.848. The molecule has 3 heteroatoms. The van der Waals surface area contributed by atoms with Crippen LogP contribution in [0, 0.1) is 6.92 Å². The Hall–Kier alpha value is -1.38. The minimum atomic E-state index is 0.681. The number of fused-ring (bicyclic) bond motifs is 1. The highest BCUT2D eigenvalue weighted by Crippen LogP contribution is 2.08. The molecule has 2 rings (SSSR count). The fourth-order valence-corrected chi connectivity index (χ4v) is 0.848. The molecule has 0 aliphatic heterocycles. The van der Waals surface area contributed by atoms with Gasteiger partial charge >= 0.3 is 0 Å². The van der Waals surface area contributed by atoms with E-state index in [1.54, 1.807) is 0 Å². The smallest absolute Gasteiger partial charge is 0.198 e. The number of hydrogen-bond acceptors (Lipinski definition) is 3. The monoisotopic (exact) mass is 134 g/mol. The van der Waals surface area contributed by atoms with Crippen molar-refractivity contribution in [2.24, 2.45) is 0 Å². The SMILES string of the molecule is Cc1ccc2ocnc2n1. The molecule has 2 heterocycles. The van der Waals surface area contributed by atoms with Gasteiger partial charge in [0.1, 0.15) is 0 Å². The van der Waals surface area contributed by atoms with Crippen LogP contribution < -0.4 is 0 Å². The van der Waals surface area contributed by atoms with Crippen LogP contribution in [0.15, 0.2) is 22.9 Å². The summed E-state index contributed by atoms with van der Waals surface area (Å²) in [5, 5.41) is 0. The predicted octanol–water partition coefficient (Wildman–Crippen LogP) is 1.53. The third-order valence-electron chi connectivity index (χ3n) is 1.33. The van der Waals surface area contributed by atoms with Gasteiger partial charge in [0.05, 0.1) is 0 Å². The number of aryl methyl sites for hydroxylation is 1. The standard InChI is InChI=1S/C7H6N2O/c1-5-2-3-6-7(9-5)8-4-10-6/h2-4H,1H3. The Morgan fingerprint density at radius 3 is 3.20 bits per heavy atom. The number of nitrogens with zero attached hydrogens (tertiary/aromatic N) is 2. The van der Waals surface area contributed by atoms with Gasteiger partial charge in [0.2, 0.25) is 0 Å². The Kier molecular flexibility index (Phi) is 0.974. The molecular weight excluding hydrogens is 128 g/mol. The molecule has 0 unspecified atom stereocenters. The highest BCUT2D eigenvalue weighted by atomic mass is 16.3. The molecule has 0 bridgehead atoms. The van der Waals surface area contributed by atoms with E-state index in [1.807, 2.05) is 19.1 Å². The lowest BCUT2D eigenvalue weighted by Gasteiger charge is -1.86. The van der Waals surface area contributed by atoms with Crippen molar-refractivity contribution < 1.29 is 4.42 Å². The maximum atomic E-state index is 5.00. The van der Waals surface area contributed by atoms with Crippen molar-refractivity contribution in [3.63, 3.8) is 0 Å². The minimum Gasteiger partial charge on any atom is -0.442 e. The van der Waals surface area contributed by atoms with Crippen LogP contribution in [-0.4, -0.2) is 9.97 Å². The highest BCUT2D eigenvalue weighted by molar-refractivity contribution is 5.66. The average molecular weight is 134 g/mol. The lowest BCUT2D eigenvalue weighted by atomic mass is 10.4. The van der Waals surface area contributed by atoms with E-state index in [2.05, 4.69) is 9.97 Å². The lowest BCUT2D eigenvalue weighted by molar-refractivity contribution is 0.602. The van der Waals surface area contributed by atoms with Crippen LogP contribution in [0.3, 0.4) is 0 Å². The summed E-state index contributed by atoms with van der Waals surface area (Å²) in [4.78, 5) is 8.03. The van der Waals surface area contributed by atoms with Gasteiger partial charge in [0, 0.05) is 5.69 Å². The van der Waals surface area contributed by atoms with Crippen molar-refractivity contribution in [2.75, 3.05) is 0 Å². The van der Waals surface area contributed by atoms with Crippen LogP contribution in [0.2, 0.25) is 0 Å². The molecule has 0 saturated carbocycles. The van der Waals surface area contributed by atoms with Crippen molar-refractivity contribution in [1.29, 1.82) is 0 Å².